The van der Waals surface area contributed by atoms with Crippen LogP contribution >= 0.6 is 0 Å². The van der Waals surface area contributed by atoms with Gasteiger partial charge in [-0.3, -0.25) is 13.9 Å². The number of aryl methyl sites for hydroxylation is 1. The first-order chi connectivity index (χ1) is 18.5. The molecule has 3 aromatic rings. The van der Waals surface area contributed by atoms with Crippen molar-refractivity contribution in [2.45, 2.75) is 45.2 Å². The van der Waals surface area contributed by atoms with Gasteiger partial charge < -0.3 is 15.0 Å². The number of benzene rings is 3. The van der Waals surface area contributed by atoms with E-state index in [9.17, 15) is 18.0 Å². The fraction of sp³-hybridized carbons (Fsp3) is 0.333. The van der Waals surface area contributed by atoms with Crippen molar-refractivity contribution in [1.82, 2.24) is 10.2 Å². The zero-order chi connectivity index (χ0) is 28.6. The lowest BCUT2D eigenvalue weighted by Crippen LogP contribution is -2.51. The molecule has 1 atom stereocenters. The molecule has 39 heavy (non-hydrogen) atoms. The van der Waals surface area contributed by atoms with Gasteiger partial charge in [-0.2, -0.15) is 0 Å². The van der Waals surface area contributed by atoms with Crippen molar-refractivity contribution in [2.75, 3.05) is 24.5 Å². The van der Waals surface area contributed by atoms with Gasteiger partial charge in [0, 0.05) is 13.1 Å². The number of amides is 2. The normalized spacial score (nSPS) is 12.1. The van der Waals surface area contributed by atoms with Crippen LogP contribution in [0.5, 0.6) is 5.75 Å². The summed E-state index contributed by atoms with van der Waals surface area (Å²) in [5.74, 6) is -0.0372. The Morgan fingerprint density at radius 2 is 1.51 bits per heavy atom. The number of nitrogens with zero attached hydrogens (tertiary/aromatic N) is 2. The predicted molar refractivity (Wildman–Crippen MR) is 153 cm³/mol. The topological polar surface area (TPSA) is 96.0 Å². The molecule has 0 heterocycles. The van der Waals surface area contributed by atoms with E-state index in [0.717, 1.165) is 15.4 Å². The fourth-order valence-corrected chi connectivity index (χ4v) is 5.34. The van der Waals surface area contributed by atoms with Crippen LogP contribution in [0, 0.1) is 12.8 Å². The molecular formula is C30H37N3O5S. The molecule has 3 rings (SSSR count). The fourth-order valence-electron chi connectivity index (χ4n) is 3.93. The van der Waals surface area contributed by atoms with Crippen LogP contribution in [0.25, 0.3) is 0 Å². The monoisotopic (exact) mass is 551 g/mol. The Hall–Kier alpha value is -3.85. The van der Waals surface area contributed by atoms with Crippen LogP contribution in [0.3, 0.4) is 0 Å². The maximum Gasteiger partial charge on any atom is 0.264 e. The van der Waals surface area contributed by atoms with Gasteiger partial charge in [0.15, 0.2) is 0 Å². The van der Waals surface area contributed by atoms with E-state index in [1.807, 2.05) is 51.1 Å². The Labute approximate surface area is 231 Å². The first-order valence-electron chi connectivity index (χ1n) is 12.9. The standard InChI is InChI=1S/C30H37N3O5S/c1-22(2)19-31-30(35)24(4)32(20-25-9-7-6-8-10-25)29(34)21-33(26-13-11-23(3)12-14-26)39(36,37)28-17-15-27(38-5)16-18-28/h6-18,22,24H,19-21H2,1-5H3,(H,31,35)/t24-/m1/s1. The van der Waals surface area contributed by atoms with Gasteiger partial charge in [0.05, 0.1) is 17.7 Å². The van der Waals surface area contributed by atoms with Crippen LogP contribution in [-0.4, -0.2) is 51.4 Å². The number of rotatable bonds is 12. The molecule has 0 aliphatic carbocycles. The van der Waals surface area contributed by atoms with E-state index >= 15 is 0 Å². The molecule has 2 amide bonds. The zero-order valence-electron chi connectivity index (χ0n) is 23.1. The van der Waals surface area contributed by atoms with Crippen molar-refractivity contribution >= 4 is 27.5 Å². The molecule has 0 aliphatic rings. The first-order valence-corrected chi connectivity index (χ1v) is 14.3. The molecule has 9 heteroatoms. The van der Waals surface area contributed by atoms with Gasteiger partial charge in [0.2, 0.25) is 11.8 Å². The van der Waals surface area contributed by atoms with E-state index < -0.39 is 28.5 Å². The summed E-state index contributed by atoms with van der Waals surface area (Å²) in [6.45, 7) is 7.67. The molecular weight excluding hydrogens is 514 g/mol. The second-order valence-corrected chi connectivity index (χ2v) is 11.7. The molecule has 0 aromatic heterocycles. The van der Waals surface area contributed by atoms with Crippen LogP contribution in [-0.2, 0) is 26.2 Å². The average Bonchev–Trinajstić information content (AvgIpc) is 2.93. The van der Waals surface area contributed by atoms with Crippen molar-refractivity contribution in [2.24, 2.45) is 5.92 Å². The van der Waals surface area contributed by atoms with Gasteiger partial charge >= 0.3 is 0 Å². The lowest BCUT2D eigenvalue weighted by Gasteiger charge is -2.32. The van der Waals surface area contributed by atoms with Gasteiger partial charge in [-0.15, -0.1) is 0 Å². The summed E-state index contributed by atoms with van der Waals surface area (Å²) < 4.78 is 34.0. The summed E-state index contributed by atoms with van der Waals surface area (Å²) in [5, 5.41) is 2.88. The minimum Gasteiger partial charge on any atom is -0.497 e. The molecule has 0 fully saturated rings. The lowest BCUT2D eigenvalue weighted by molar-refractivity contribution is -0.139. The molecule has 0 unspecified atom stereocenters. The summed E-state index contributed by atoms with van der Waals surface area (Å²) in [6, 6.07) is 21.4. The summed E-state index contributed by atoms with van der Waals surface area (Å²) >= 11 is 0. The van der Waals surface area contributed by atoms with Gasteiger partial charge in [0.1, 0.15) is 18.3 Å². The van der Waals surface area contributed by atoms with E-state index in [1.165, 1.54) is 24.1 Å². The highest BCUT2D eigenvalue weighted by molar-refractivity contribution is 7.92. The van der Waals surface area contributed by atoms with Crippen LogP contribution in [0.15, 0.2) is 83.8 Å². The molecule has 0 spiro atoms. The van der Waals surface area contributed by atoms with Gasteiger partial charge in [0.25, 0.3) is 10.0 Å². The third-order valence-corrected chi connectivity index (χ3v) is 8.08. The second kappa shape index (κ2) is 13.3. The molecule has 0 bridgehead atoms. The molecule has 0 aliphatic heterocycles. The molecule has 0 saturated heterocycles. The second-order valence-electron chi connectivity index (χ2n) is 9.84. The number of anilines is 1. The van der Waals surface area contributed by atoms with Gasteiger partial charge in [-0.1, -0.05) is 61.9 Å². The first kappa shape index (κ1) is 29.7. The van der Waals surface area contributed by atoms with Gasteiger partial charge in [-0.05, 0) is 61.7 Å². The number of methoxy groups -OCH3 is 1. The van der Waals surface area contributed by atoms with Crippen LogP contribution in [0.1, 0.15) is 31.9 Å². The molecule has 208 valence electrons. The highest BCUT2D eigenvalue weighted by atomic mass is 32.2. The largest absolute Gasteiger partial charge is 0.497 e. The summed E-state index contributed by atoms with van der Waals surface area (Å²) in [5.41, 5.74) is 2.13. The Morgan fingerprint density at radius 1 is 0.897 bits per heavy atom. The van der Waals surface area contributed by atoms with Gasteiger partial charge in [-0.25, -0.2) is 8.42 Å². The minimum atomic E-state index is -4.13. The Balaban J connectivity index is 1.99. The van der Waals surface area contributed by atoms with Crippen LogP contribution < -0.4 is 14.4 Å². The third kappa shape index (κ3) is 7.83. The quantitative estimate of drug-likeness (QED) is 0.360. The van der Waals surface area contributed by atoms with E-state index in [2.05, 4.69) is 5.32 Å². The number of nitrogens with one attached hydrogen (secondary N) is 1. The number of ether oxygens (including phenoxy) is 1. The zero-order valence-corrected chi connectivity index (χ0v) is 23.9. The van der Waals surface area contributed by atoms with E-state index in [0.29, 0.717) is 18.0 Å². The van der Waals surface area contributed by atoms with E-state index in [4.69, 9.17) is 4.74 Å². The third-order valence-electron chi connectivity index (χ3n) is 6.30. The molecule has 3 aromatic carbocycles. The molecule has 0 saturated carbocycles. The minimum absolute atomic E-state index is 0.0222. The summed E-state index contributed by atoms with van der Waals surface area (Å²) in [7, 11) is -2.63. The lowest BCUT2D eigenvalue weighted by atomic mass is 10.1. The Kier molecular flexibility index (Phi) is 10.1. The Morgan fingerprint density at radius 3 is 2.08 bits per heavy atom. The Bertz CT molecular complexity index is 1340. The maximum absolute atomic E-state index is 13.9. The SMILES string of the molecule is COc1ccc(S(=O)(=O)N(CC(=O)N(Cc2ccccc2)[C@H](C)C(=O)NCC(C)C)c2ccc(C)cc2)cc1. The molecule has 1 N–H and O–H groups in total. The highest BCUT2D eigenvalue weighted by Crippen LogP contribution is 2.26. The van der Waals surface area contributed by atoms with Crippen LogP contribution in [0.4, 0.5) is 5.69 Å². The smallest absolute Gasteiger partial charge is 0.264 e. The number of carbonyl (C=O) groups excluding carboxylic acids is 2. The predicted octanol–water partition coefficient (Wildman–Crippen LogP) is 4.39. The molecule has 0 radical (unpaired) electrons. The van der Waals surface area contributed by atoms with Crippen molar-refractivity contribution < 1.29 is 22.7 Å². The van der Waals surface area contributed by atoms with Crippen LogP contribution in [0.2, 0.25) is 0 Å². The average molecular weight is 552 g/mol. The highest BCUT2D eigenvalue weighted by Gasteiger charge is 2.32. The van der Waals surface area contributed by atoms with Crippen molar-refractivity contribution in [3.63, 3.8) is 0 Å². The maximum atomic E-state index is 13.9. The molecule has 8 nitrogen and oxygen atoms in total. The van der Waals surface area contributed by atoms with E-state index in [-0.39, 0.29) is 23.3 Å². The number of hydrogen-bond donors (Lipinski definition) is 1. The number of carbonyl (C=O) groups is 2. The van der Waals surface area contributed by atoms with E-state index in [1.54, 1.807) is 43.3 Å². The van der Waals surface area contributed by atoms with Crippen molar-refractivity contribution in [3.8, 4) is 5.75 Å². The number of hydrogen-bond acceptors (Lipinski definition) is 5. The summed E-state index contributed by atoms with van der Waals surface area (Å²) in [6.07, 6.45) is 0. The summed E-state index contributed by atoms with van der Waals surface area (Å²) in [4.78, 5) is 28.3. The number of sulfonamides is 1. The van der Waals surface area contributed by atoms with Crippen molar-refractivity contribution in [3.05, 3.63) is 90.0 Å². The van der Waals surface area contributed by atoms with Crippen molar-refractivity contribution in [1.29, 1.82) is 0 Å².